The zero-order valence-electron chi connectivity index (χ0n) is 12.4. The molecule has 0 amide bonds. The van der Waals surface area contributed by atoms with Gasteiger partial charge in [0.25, 0.3) is 0 Å². The summed E-state index contributed by atoms with van der Waals surface area (Å²) in [6.45, 7) is 12.0. The largest absolute Gasteiger partial charge is 0.366 e. The third kappa shape index (κ3) is 2.20. The molecule has 0 saturated carbocycles. The Balaban J connectivity index is 2.54. The topological polar surface area (TPSA) is 40.6 Å². The first kappa shape index (κ1) is 13.8. The number of Topliss-reactive ketones (excluding diaryl/α,β-unsaturated/α-hetero) is 1. The summed E-state index contributed by atoms with van der Waals surface area (Å²) in [5.41, 5.74) is 2.44. The van der Waals surface area contributed by atoms with E-state index in [1.165, 1.54) is 6.08 Å². The molecule has 2 rings (SSSR count). The van der Waals surface area contributed by atoms with Crippen LogP contribution in [-0.4, -0.2) is 46.5 Å². The van der Waals surface area contributed by atoms with E-state index in [1.54, 1.807) is 6.92 Å². The Kier molecular flexibility index (Phi) is 3.52. The maximum Gasteiger partial charge on any atom is 0.230 e. The summed E-state index contributed by atoms with van der Waals surface area (Å²) in [6.07, 6.45) is 1.51. The molecule has 4 heteroatoms. The van der Waals surface area contributed by atoms with Crippen molar-refractivity contribution in [2.24, 2.45) is 0 Å². The lowest BCUT2D eigenvalue weighted by molar-refractivity contribution is -0.132. The van der Waals surface area contributed by atoms with Crippen LogP contribution in [0.3, 0.4) is 0 Å². The van der Waals surface area contributed by atoms with Crippen molar-refractivity contribution >= 4 is 11.6 Å². The zero-order chi connectivity index (χ0) is 14.3. The van der Waals surface area contributed by atoms with Crippen molar-refractivity contribution in [3.05, 3.63) is 23.0 Å². The molecule has 0 radical (unpaired) electrons. The molecule has 1 saturated heterocycles. The van der Waals surface area contributed by atoms with Gasteiger partial charge in [0.1, 0.15) is 0 Å². The summed E-state index contributed by atoms with van der Waals surface area (Å²) in [5.74, 6) is -0.762. The van der Waals surface area contributed by atoms with Gasteiger partial charge in [-0.15, -0.1) is 0 Å². The lowest BCUT2D eigenvalue weighted by atomic mass is 9.93. The standard InChI is InChI=1S/C15H22N2O2/c1-9(2)16-6-7-17(10(3)4)14-11(5)15(19)13(18)8-12(14)16/h8-10H,6-7H2,1-5H3. The average molecular weight is 262 g/mol. The molecule has 0 bridgehead atoms. The van der Waals surface area contributed by atoms with Crippen LogP contribution in [0.4, 0.5) is 0 Å². The van der Waals surface area contributed by atoms with Crippen LogP contribution >= 0.6 is 0 Å². The zero-order valence-corrected chi connectivity index (χ0v) is 12.4. The van der Waals surface area contributed by atoms with Gasteiger partial charge in [-0.1, -0.05) is 0 Å². The summed E-state index contributed by atoms with van der Waals surface area (Å²) in [5, 5.41) is 0. The fraction of sp³-hybridized carbons (Fsp3) is 0.600. The Morgan fingerprint density at radius 3 is 2.05 bits per heavy atom. The highest BCUT2D eigenvalue weighted by atomic mass is 16.2. The Hall–Kier alpha value is -1.58. The van der Waals surface area contributed by atoms with Crippen LogP contribution in [0.1, 0.15) is 34.6 Å². The van der Waals surface area contributed by atoms with Crippen LogP contribution in [0, 0.1) is 0 Å². The van der Waals surface area contributed by atoms with E-state index in [2.05, 4.69) is 37.5 Å². The molecule has 0 atom stereocenters. The van der Waals surface area contributed by atoms with Crippen LogP contribution in [0.25, 0.3) is 0 Å². The molecular weight excluding hydrogens is 240 g/mol. The first-order valence-electron chi connectivity index (χ1n) is 6.89. The van der Waals surface area contributed by atoms with E-state index in [9.17, 15) is 9.59 Å². The number of allylic oxidation sites excluding steroid dienone is 2. The molecule has 4 nitrogen and oxygen atoms in total. The number of nitrogens with zero attached hydrogens (tertiary/aromatic N) is 2. The van der Waals surface area contributed by atoms with Gasteiger partial charge in [-0.05, 0) is 34.6 Å². The molecule has 0 N–H and O–H groups in total. The number of piperazine rings is 1. The lowest BCUT2D eigenvalue weighted by Crippen LogP contribution is -2.50. The lowest BCUT2D eigenvalue weighted by Gasteiger charge is -2.46. The minimum absolute atomic E-state index is 0.323. The van der Waals surface area contributed by atoms with Crippen LogP contribution in [0.2, 0.25) is 0 Å². The minimum atomic E-state index is -0.396. The van der Waals surface area contributed by atoms with Crippen LogP contribution < -0.4 is 0 Å². The second kappa shape index (κ2) is 4.83. The second-order valence-corrected chi connectivity index (χ2v) is 5.77. The van der Waals surface area contributed by atoms with E-state index < -0.39 is 5.78 Å². The molecule has 1 fully saturated rings. The molecular formula is C15H22N2O2. The molecule has 1 aliphatic heterocycles. The first-order chi connectivity index (χ1) is 8.84. The van der Waals surface area contributed by atoms with E-state index in [0.717, 1.165) is 24.5 Å². The Bertz CT molecular complexity index is 486. The Labute approximate surface area is 114 Å². The number of carbonyl (C=O) groups excluding carboxylic acids is 2. The van der Waals surface area contributed by atoms with Gasteiger partial charge in [0.15, 0.2) is 0 Å². The molecule has 2 aliphatic rings. The van der Waals surface area contributed by atoms with Crippen LogP contribution in [0.15, 0.2) is 23.0 Å². The highest BCUT2D eigenvalue weighted by Crippen LogP contribution is 2.33. The van der Waals surface area contributed by atoms with Gasteiger partial charge in [0.2, 0.25) is 11.6 Å². The van der Waals surface area contributed by atoms with Crippen LogP contribution in [0.5, 0.6) is 0 Å². The van der Waals surface area contributed by atoms with Crippen molar-refractivity contribution in [2.45, 2.75) is 46.7 Å². The van der Waals surface area contributed by atoms with Gasteiger partial charge in [0, 0.05) is 36.8 Å². The van der Waals surface area contributed by atoms with Gasteiger partial charge >= 0.3 is 0 Å². The summed E-state index contributed by atoms with van der Waals surface area (Å²) in [7, 11) is 0. The highest BCUT2D eigenvalue weighted by Gasteiger charge is 2.36. The van der Waals surface area contributed by atoms with Crippen molar-refractivity contribution < 1.29 is 9.59 Å². The first-order valence-corrected chi connectivity index (χ1v) is 6.89. The van der Waals surface area contributed by atoms with E-state index in [0.29, 0.717) is 17.7 Å². The Morgan fingerprint density at radius 1 is 1.00 bits per heavy atom. The number of hydrogen-bond donors (Lipinski definition) is 0. The van der Waals surface area contributed by atoms with E-state index in [4.69, 9.17) is 0 Å². The van der Waals surface area contributed by atoms with Gasteiger partial charge < -0.3 is 9.80 Å². The van der Waals surface area contributed by atoms with Crippen LogP contribution in [-0.2, 0) is 9.59 Å². The van der Waals surface area contributed by atoms with Crippen molar-refractivity contribution in [3.63, 3.8) is 0 Å². The minimum Gasteiger partial charge on any atom is -0.366 e. The molecule has 0 aromatic carbocycles. The molecule has 19 heavy (non-hydrogen) atoms. The molecule has 1 heterocycles. The molecule has 0 aromatic heterocycles. The fourth-order valence-electron chi connectivity index (χ4n) is 2.82. The maximum atomic E-state index is 11.9. The van der Waals surface area contributed by atoms with Crippen molar-refractivity contribution in [3.8, 4) is 0 Å². The van der Waals surface area contributed by atoms with Gasteiger partial charge in [-0.2, -0.15) is 0 Å². The number of fused-ring (bicyclic) bond motifs is 1. The Morgan fingerprint density at radius 2 is 1.53 bits per heavy atom. The van der Waals surface area contributed by atoms with E-state index in [1.807, 2.05) is 0 Å². The van der Waals surface area contributed by atoms with E-state index in [-0.39, 0.29) is 5.78 Å². The number of rotatable bonds is 2. The quantitative estimate of drug-likeness (QED) is 0.561. The summed E-state index contributed by atoms with van der Waals surface area (Å²) in [6, 6.07) is 0.646. The number of carbonyl (C=O) groups is 2. The third-order valence-electron chi connectivity index (χ3n) is 3.86. The summed E-state index contributed by atoms with van der Waals surface area (Å²) < 4.78 is 0. The van der Waals surface area contributed by atoms with Gasteiger partial charge in [-0.25, -0.2) is 0 Å². The van der Waals surface area contributed by atoms with E-state index >= 15 is 0 Å². The van der Waals surface area contributed by atoms with Gasteiger partial charge in [-0.3, -0.25) is 9.59 Å². The molecule has 1 aliphatic carbocycles. The predicted molar refractivity (Wildman–Crippen MR) is 74.5 cm³/mol. The number of hydrogen-bond acceptors (Lipinski definition) is 4. The normalized spacial score (nSPS) is 20.5. The highest BCUT2D eigenvalue weighted by molar-refractivity contribution is 6.48. The monoisotopic (exact) mass is 262 g/mol. The third-order valence-corrected chi connectivity index (χ3v) is 3.86. The molecule has 0 spiro atoms. The second-order valence-electron chi connectivity index (χ2n) is 5.77. The fourth-order valence-corrected chi connectivity index (χ4v) is 2.82. The molecule has 0 aromatic rings. The van der Waals surface area contributed by atoms with Gasteiger partial charge in [0.05, 0.1) is 11.4 Å². The SMILES string of the molecule is CC1=C2C(=CC(=O)C1=O)N(C(C)C)CCN2C(C)C. The van der Waals surface area contributed by atoms with Crippen molar-refractivity contribution in [2.75, 3.05) is 13.1 Å². The molecule has 104 valence electrons. The average Bonchev–Trinajstić information content (AvgIpc) is 2.34. The van der Waals surface area contributed by atoms with Crippen molar-refractivity contribution in [1.82, 2.24) is 9.80 Å². The molecule has 0 unspecified atom stereocenters. The summed E-state index contributed by atoms with van der Waals surface area (Å²) >= 11 is 0. The van der Waals surface area contributed by atoms with Crippen molar-refractivity contribution in [1.29, 1.82) is 0 Å². The smallest absolute Gasteiger partial charge is 0.230 e. The maximum absolute atomic E-state index is 11.9. The predicted octanol–water partition coefficient (Wildman–Crippen LogP) is 1.73. The summed E-state index contributed by atoms with van der Waals surface area (Å²) in [4.78, 5) is 28.2. The number of ketones is 2.